The normalized spacial score (nSPS) is 21.7. The minimum Gasteiger partial charge on any atom is -0.342 e. The van der Waals surface area contributed by atoms with Crippen molar-refractivity contribution < 1.29 is 18.4 Å². The highest BCUT2D eigenvalue weighted by Crippen LogP contribution is 2.41. The summed E-state index contributed by atoms with van der Waals surface area (Å²) >= 11 is 0. The largest absolute Gasteiger partial charge is 0.342 e. The summed E-state index contributed by atoms with van der Waals surface area (Å²) in [6, 6.07) is 7.22. The fraction of sp³-hybridized carbons (Fsp3) is 0.391. The number of nitrogens with one attached hydrogen (secondary N) is 2. The molecule has 2 fully saturated rings. The van der Waals surface area contributed by atoms with E-state index in [1.807, 2.05) is 18.2 Å². The predicted octanol–water partition coefficient (Wildman–Crippen LogP) is 3.14. The lowest BCUT2D eigenvalue weighted by atomic mass is 10.00. The van der Waals surface area contributed by atoms with E-state index >= 15 is 0 Å². The van der Waals surface area contributed by atoms with Crippen LogP contribution in [0.15, 0.2) is 36.5 Å². The van der Waals surface area contributed by atoms with Crippen LogP contribution in [0.25, 0.3) is 10.9 Å². The van der Waals surface area contributed by atoms with Gasteiger partial charge < -0.3 is 10.2 Å². The van der Waals surface area contributed by atoms with E-state index in [2.05, 4.69) is 20.5 Å². The maximum absolute atomic E-state index is 14.7. The molecule has 1 aliphatic carbocycles. The fourth-order valence-electron chi connectivity index (χ4n) is 4.40. The standard InChI is InChI=1S/C23H23F2N5O2/c1-12(31)30-11-16(24)9-20(30)23(32)28-21(14-4-5-15-10-26-29-19(15)8-14)18-7-6-17(13-2-3-13)22(25)27-18/h4-8,10,13,16,20-21H,2-3,9,11H2,1H3,(H,26,29)(H,28,32)/t16-,20+,21?/m1/s1. The van der Waals surface area contributed by atoms with Gasteiger partial charge in [0.25, 0.3) is 0 Å². The Kier molecular flexibility index (Phi) is 5.11. The highest BCUT2D eigenvalue weighted by molar-refractivity contribution is 5.88. The van der Waals surface area contributed by atoms with Crippen LogP contribution in [0.4, 0.5) is 8.78 Å². The highest BCUT2D eigenvalue weighted by atomic mass is 19.1. The van der Waals surface area contributed by atoms with Crippen LogP contribution in [0, 0.1) is 5.95 Å². The van der Waals surface area contributed by atoms with E-state index in [0.29, 0.717) is 16.8 Å². The molecule has 32 heavy (non-hydrogen) atoms. The summed E-state index contributed by atoms with van der Waals surface area (Å²) in [4.78, 5) is 30.4. The molecule has 5 rings (SSSR count). The fourth-order valence-corrected chi connectivity index (χ4v) is 4.40. The number of rotatable bonds is 5. The van der Waals surface area contributed by atoms with Gasteiger partial charge in [0.2, 0.25) is 17.8 Å². The van der Waals surface area contributed by atoms with Gasteiger partial charge in [-0.15, -0.1) is 0 Å². The molecule has 0 spiro atoms. The van der Waals surface area contributed by atoms with Crippen molar-refractivity contribution in [1.29, 1.82) is 0 Å². The van der Waals surface area contributed by atoms with Crippen molar-refractivity contribution in [2.45, 2.75) is 50.4 Å². The zero-order valence-corrected chi connectivity index (χ0v) is 17.5. The van der Waals surface area contributed by atoms with E-state index in [0.717, 1.165) is 23.7 Å². The number of likely N-dealkylation sites (tertiary alicyclic amines) is 1. The molecule has 2 N–H and O–H groups in total. The summed E-state index contributed by atoms with van der Waals surface area (Å²) in [6.45, 7) is 1.21. The summed E-state index contributed by atoms with van der Waals surface area (Å²) < 4.78 is 28.7. The van der Waals surface area contributed by atoms with Crippen molar-refractivity contribution in [1.82, 2.24) is 25.4 Å². The molecule has 2 aromatic heterocycles. The van der Waals surface area contributed by atoms with Gasteiger partial charge in [0.1, 0.15) is 12.2 Å². The first-order valence-electron chi connectivity index (χ1n) is 10.7. The molecule has 7 nitrogen and oxygen atoms in total. The molecule has 3 aromatic rings. The lowest BCUT2D eigenvalue weighted by Gasteiger charge is -2.26. The number of amides is 2. The summed E-state index contributed by atoms with van der Waals surface area (Å²) in [5.41, 5.74) is 2.35. The lowest BCUT2D eigenvalue weighted by Crippen LogP contribution is -2.46. The second-order valence-corrected chi connectivity index (χ2v) is 8.57. The maximum Gasteiger partial charge on any atom is 0.243 e. The number of hydrogen-bond donors (Lipinski definition) is 2. The Labute approximate surface area is 183 Å². The third-order valence-electron chi connectivity index (χ3n) is 6.26. The van der Waals surface area contributed by atoms with E-state index < -0.39 is 30.1 Å². The van der Waals surface area contributed by atoms with Crippen LogP contribution in [0.3, 0.4) is 0 Å². The van der Waals surface area contributed by atoms with Crippen LogP contribution < -0.4 is 5.32 Å². The van der Waals surface area contributed by atoms with Crippen LogP contribution >= 0.6 is 0 Å². The van der Waals surface area contributed by atoms with Crippen molar-refractivity contribution in [2.75, 3.05) is 6.54 Å². The molecule has 1 saturated carbocycles. The van der Waals surface area contributed by atoms with Gasteiger partial charge in [0.15, 0.2) is 0 Å². The molecule has 9 heteroatoms. The number of halogens is 2. The SMILES string of the molecule is CC(=O)N1C[C@H](F)C[C@H]1C(=O)NC(c1ccc2cn[nH]c2c1)c1ccc(C2CC2)c(F)n1. The summed E-state index contributed by atoms with van der Waals surface area (Å²) in [5, 5.41) is 10.7. The number of carbonyl (C=O) groups excluding carboxylic acids is 2. The number of carbonyl (C=O) groups is 2. The van der Waals surface area contributed by atoms with Gasteiger partial charge in [0.05, 0.1) is 30.0 Å². The van der Waals surface area contributed by atoms with Gasteiger partial charge >= 0.3 is 0 Å². The topological polar surface area (TPSA) is 91.0 Å². The van der Waals surface area contributed by atoms with E-state index in [4.69, 9.17) is 0 Å². The second-order valence-electron chi connectivity index (χ2n) is 8.57. The number of aromatic nitrogens is 3. The smallest absolute Gasteiger partial charge is 0.243 e. The molecule has 2 amide bonds. The minimum atomic E-state index is -1.26. The first-order valence-corrected chi connectivity index (χ1v) is 10.7. The van der Waals surface area contributed by atoms with E-state index in [1.165, 1.54) is 11.8 Å². The summed E-state index contributed by atoms with van der Waals surface area (Å²) in [6.07, 6.45) is 2.24. The van der Waals surface area contributed by atoms with Gasteiger partial charge in [-0.25, -0.2) is 9.37 Å². The Morgan fingerprint density at radius 1 is 1.25 bits per heavy atom. The third-order valence-corrected chi connectivity index (χ3v) is 6.26. The highest BCUT2D eigenvalue weighted by Gasteiger charge is 2.39. The molecule has 3 atom stereocenters. The first kappa shape index (κ1) is 20.5. The second kappa shape index (κ2) is 7.96. The first-order chi connectivity index (χ1) is 15.4. The number of alkyl halides is 1. The van der Waals surface area contributed by atoms with Crippen molar-refractivity contribution in [3.63, 3.8) is 0 Å². The molecule has 1 saturated heterocycles. The molecule has 1 unspecified atom stereocenters. The van der Waals surface area contributed by atoms with Crippen LogP contribution in [0.1, 0.15) is 55.0 Å². The Hall–Kier alpha value is -3.36. The Balaban J connectivity index is 1.50. The molecular formula is C23H23F2N5O2. The van der Waals surface area contributed by atoms with Gasteiger partial charge in [-0.1, -0.05) is 18.2 Å². The van der Waals surface area contributed by atoms with Crippen molar-refractivity contribution in [3.8, 4) is 0 Å². The van der Waals surface area contributed by atoms with Gasteiger partial charge in [0, 0.05) is 24.3 Å². The molecule has 2 aliphatic rings. The van der Waals surface area contributed by atoms with Crippen LogP contribution in [0.5, 0.6) is 0 Å². The Morgan fingerprint density at radius 2 is 2.06 bits per heavy atom. The molecule has 166 valence electrons. The third kappa shape index (κ3) is 3.83. The van der Waals surface area contributed by atoms with Gasteiger partial charge in [-0.3, -0.25) is 14.7 Å². The van der Waals surface area contributed by atoms with Crippen LogP contribution in [-0.4, -0.2) is 50.7 Å². The quantitative estimate of drug-likeness (QED) is 0.598. The number of fused-ring (bicyclic) bond motifs is 1. The maximum atomic E-state index is 14.7. The van der Waals surface area contributed by atoms with E-state index in [-0.39, 0.29) is 24.8 Å². The lowest BCUT2D eigenvalue weighted by molar-refractivity contribution is -0.137. The average Bonchev–Trinajstić information content (AvgIpc) is 3.35. The zero-order chi connectivity index (χ0) is 22.4. The van der Waals surface area contributed by atoms with Crippen molar-refractivity contribution >= 4 is 22.7 Å². The molecule has 1 aromatic carbocycles. The van der Waals surface area contributed by atoms with Crippen molar-refractivity contribution in [2.24, 2.45) is 0 Å². The number of benzene rings is 1. The zero-order valence-electron chi connectivity index (χ0n) is 17.5. The molecular weight excluding hydrogens is 416 g/mol. The van der Waals surface area contributed by atoms with Crippen LogP contribution in [0.2, 0.25) is 0 Å². The summed E-state index contributed by atoms with van der Waals surface area (Å²) in [5.74, 6) is -1.20. The summed E-state index contributed by atoms with van der Waals surface area (Å²) in [7, 11) is 0. The number of pyridine rings is 1. The minimum absolute atomic E-state index is 0.0693. The van der Waals surface area contributed by atoms with Crippen LogP contribution in [-0.2, 0) is 9.59 Å². The van der Waals surface area contributed by atoms with Gasteiger partial charge in [-0.05, 0) is 36.5 Å². The van der Waals surface area contributed by atoms with Gasteiger partial charge in [-0.2, -0.15) is 9.49 Å². The number of aromatic amines is 1. The Bertz CT molecular complexity index is 1190. The molecule has 3 heterocycles. The average molecular weight is 439 g/mol. The predicted molar refractivity (Wildman–Crippen MR) is 113 cm³/mol. The molecule has 0 radical (unpaired) electrons. The number of hydrogen-bond acceptors (Lipinski definition) is 4. The number of nitrogens with zero attached hydrogens (tertiary/aromatic N) is 3. The monoisotopic (exact) mass is 439 g/mol. The Morgan fingerprint density at radius 3 is 2.78 bits per heavy atom. The molecule has 0 bridgehead atoms. The van der Waals surface area contributed by atoms with Crippen molar-refractivity contribution in [3.05, 3.63) is 59.3 Å². The number of H-pyrrole nitrogens is 1. The molecule has 1 aliphatic heterocycles. The van der Waals surface area contributed by atoms with E-state index in [9.17, 15) is 18.4 Å². The van der Waals surface area contributed by atoms with E-state index in [1.54, 1.807) is 18.3 Å².